The standard InChI is InChI=1S/C32H30N2O6S/c1-4-8-22-28(31(36)38-5-2)29(27-21-10-7-6-9-20(21)12-14-24(27)37-3)34-30(35)26(41-32(34)33-22)18-19-11-13-23-25(17-19)40-16-15-39-23/h6-7,9-14,17-18,29H,4-5,8,15-16H2,1-3H3. The fraction of sp³-hybridized carbons (Fsp3) is 0.281. The molecule has 0 radical (unpaired) electrons. The topological polar surface area (TPSA) is 88.4 Å². The van der Waals surface area contributed by atoms with Crippen LogP contribution in [0, 0.1) is 0 Å². The van der Waals surface area contributed by atoms with Crippen LogP contribution in [0.1, 0.15) is 43.9 Å². The maximum absolute atomic E-state index is 14.2. The number of methoxy groups -OCH3 is 1. The lowest BCUT2D eigenvalue weighted by molar-refractivity contribution is -0.139. The normalized spacial score (nSPS) is 16.4. The van der Waals surface area contributed by atoms with Crippen LogP contribution in [0.4, 0.5) is 0 Å². The monoisotopic (exact) mass is 570 g/mol. The van der Waals surface area contributed by atoms with Gasteiger partial charge in [0.1, 0.15) is 25.0 Å². The second-order valence-corrected chi connectivity index (χ2v) is 10.7. The van der Waals surface area contributed by atoms with Crippen molar-refractivity contribution in [3.05, 3.63) is 96.7 Å². The fourth-order valence-corrected chi connectivity index (χ4v) is 6.45. The summed E-state index contributed by atoms with van der Waals surface area (Å²) in [6.07, 6.45) is 3.16. The van der Waals surface area contributed by atoms with Crippen LogP contribution in [0.5, 0.6) is 17.2 Å². The summed E-state index contributed by atoms with van der Waals surface area (Å²) in [6.45, 7) is 4.99. The van der Waals surface area contributed by atoms with Crippen molar-refractivity contribution in [3.63, 3.8) is 0 Å². The smallest absolute Gasteiger partial charge is 0.338 e. The molecule has 9 heteroatoms. The molecule has 0 spiro atoms. The van der Waals surface area contributed by atoms with Crippen LogP contribution in [0.2, 0.25) is 0 Å². The second-order valence-electron chi connectivity index (χ2n) is 9.72. The number of fused-ring (bicyclic) bond motifs is 3. The van der Waals surface area contributed by atoms with Gasteiger partial charge in [-0.3, -0.25) is 9.36 Å². The van der Waals surface area contributed by atoms with E-state index in [1.54, 1.807) is 18.6 Å². The van der Waals surface area contributed by atoms with Crippen LogP contribution >= 0.6 is 11.3 Å². The molecule has 41 heavy (non-hydrogen) atoms. The molecule has 0 saturated carbocycles. The highest BCUT2D eigenvalue weighted by atomic mass is 32.1. The van der Waals surface area contributed by atoms with Crippen LogP contribution in [-0.2, 0) is 9.53 Å². The highest BCUT2D eigenvalue weighted by molar-refractivity contribution is 7.07. The Kier molecular flexibility index (Phi) is 7.36. The SMILES string of the molecule is CCCC1=C(C(=O)OCC)C(c2c(OC)ccc3ccccc23)n2c(sc(=Cc3ccc4c(c3)OCCO4)c2=O)=N1. The van der Waals surface area contributed by atoms with Gasteiger partial charge in [-0.25, -0.2) is 9.79 Å². The van der Waals surface area contributed by atoms with Crippen LogP contribution in [-0.4, -0.2) is 37.5 Å². The summed E-state index contributed by atoms with van der Waals surface area (Å²) in [5.41, 5.74) is 2.27. The van der Waals surface area contributed by atoms with Crippen molar-refractivity contribution in [1.82, 2.24) is 4.57 Å². The van der Waals surface area contributed by atoms with Gasteiger partial charge in [-0.05, 0) is 54.0 Å². The van der Waals surface area contributed by atoms with E-state index in [2.05, 4.69) is 0 Å². The molecule has 0 fully saturated rings. The van der Waals surface area contributed by atoms with Gasteiger partial charge in [0.2, 0.25) is 0 Å². The Morgan fingerprint density at radius 3 is 2.68 bits per heavy atom. The zero-order valence-corrected chi connectivity index (χ0v) is 24.0. The van der Waals surface area contributed by atoms with Gasteiger partial charge in [0.05, 0.1) is 29.5 Å². The largest absolute Gasteiger partial charge is 0.496 e. The molecule has 2 aliphatic rings. The van der Waals surface area contributed by atoms with Gasteiger partial charge in [0.15, 0.2) is 16.3 Å². The van der Waals surface area contributed by atoms with Crippen molar-refractivity contribution >= 4 is 34.2 Å². The molecule has 8 nitrogen and oxygen atoms in total. The number of hydrogen-bond acceptors (Lipinski definition) is 8. The van der Waals surface area contributed by atoms with Crippen molar-refractivity contribution in [1.29, 1.82) is 0 Å². The third-order valence-corrected chi connectivity index (χ3v) is 8.16. The van der Waals surface area contributed by atoms with Crippen LogP contribution in [0.3, 0.4) is 0 Å². The van der Waals surface area contributed by atoms with E-state index in [4.69, 9.17) is 23.9 Å². The van der Waals surface area contributed by atoms with Crippen LogP contribution in [0.25, 0.3) is 16.8 Å². The minimum absolute atomic E-state index is 0.204. The lowest BCUT2D eigenvalue weighted by Gasteiger charge is -2.28. The number of rotatable bonds is 7. The predicted molar refractivity (Wildman–Crippen MR) is 158 cm³/mol. The molecule has 2 aliphatic heterocycles. The number of carbonyl (C=O) groups excluding carboxylic acids is 1. The van der Waals surface area contributed by atoms with E-state index in [1.807, 2.05) is 67.6 Å². The van der Waals surface area contributed by atoms with Crippen LogP contribution in [0.15, 0.2) is 75.7 Å². The lowest BCUT2D eigenvalue weighted by atomic mass is 9.90. The van der Waals surface area contributed by atoms with Crippen LogP contribution < -0.4 is 29.1 Å². The Morgan fingerprint density at radius 1 is 1.10 bits per heavy atom. The molecule has 3 heterocycles. The summed E-state index contributed by atoms with van der Waals surface area (Å²) in [5, 5.41) is 1.86. The number of hydrogen-bond donors (Lipinski definition) is 0. The van der Waals surface area contributed by atoms with Gasteiger partial charge in [-0.2, -0.15) is 0 Å². The first-order chi connectivity index (χ1) is 20.0. The summed E-state index contributed by atoms with van der Waals surface area (Å²) in [6, 6.07) is 16.6. The first kappa shape index (κ1) is 26.8. The first-order valence-electron chi connectivity index (χ1n) is 13.7. The summed E-state index contributed by atoms with van der Waals surface area (Å²) >= 11 is 1.30. The predicted octanol–water partition coefficient (Wildman–Crippen LogP) is 4.51. The van der Waals surface area contributed by atoms with E-state index in [1.165, 1.54) is 11.3 Å². The molecule has 1 aromatic heterocycles. The number of aromatic nitrogens is 1. The molecule has 4 aromatic rings. The Morgan fingerprint density at radius 2 is 1.90 bits per heavy atom. The minimum Gasteiger partial charge on any atom is -0.496 e. The number of nitrogens with zero attached hydrogens (tertiary/aromatic N) is 2. The molecular weight excluding hydrogens is 540 g/mol. The molecule has 0 N–H and O–H groups in total. The number of benzene rings is 3. The van der Waals surface area contributed by atoms with Crippen molar-refractivity contribution < 1.29 is 23.7 Å². The molecule has 210 valence electrons. The van der Waals surface area contributed by atoms with Gasteiger partial charge in [-0.1, -0.05) is 61.1 Å². The highest BCUT2D eigenvalue weighted by Gasteiger charge is 2.37. The van der Waals surface area contributed by atoms with Crippen molar-refractivity contribution in [2.75, 3.05) is 26.9 Å². The molecule has 0 saturated heterocycles. The lowest BCUT2D eigenvalue weighted by Crippen LogP contribution is -2.40. The summed E-state index contributed by atoms with van der Waals surface area (Å²) in [5.74, 6) is 1.42. The maximum atomic E-state index is 14.2. The van der Waals surface area contributed by atoms with Gasteiger partial charge < -0.3 is 18.9 Å². The number of thiazole rings is 1. The van der Waals surface area contributed by atoms with Gasteiger partial charge >= 0.3 is 5.97 Å². The molecule has 6 rings (SSSR count). The highest BCUT2D eigenvalue weighted by Crippen LogP contribution is 2.41. The molecule has 0 bridgehead atoms. The molecule has 0 amide bonds. The minimum atomic E-state index is -0.782. The molecular formula is C32H30N2O6S. The molecule has 3 aromatic carbocycles. The Hall–Kier alpha value is -4.37. The average molecular weight is 571 g/mol. The van der Waals surface area contributed by atoms with E-state index >= 15 is 0 Å². The Labute approximate surface area is 240 Å². The van der Waals surface area contributed by atoms with Gasteiger partial charge in [-0.15, -0.1) is 0 Å². The third-order valence-electron chi connectivity index (χ3n) is 7.18. The summed E-state index contributed by atoms with van der Waals surface area (Å²) in [7, 11) is 1.60. The fourth-order valence-electron chi connectivity index (χ4n) is 5.43. The van der Waals surface area contributed by atoms with Crippen molar-refractivity contribution in [2.45, 2.75) is 32.7 Å². The quantitative estimate of drug-likeness (QED) is 0.304. The number of carbonyl (C=O) groups is 1. The maximum Gasteiger partial charge on any atom is 0.338 e. The van der Waals surface area contributed by atoms with Crippen molar-refractivity contribution in [3.8, 4) is 17.2 Å². The molecule has 1 atom stereocenters. The second kappa shape index (κ2) is 11.2. The van der Waals surface area contributed by atoms with E-state index in [0.717, 1.165) is 28.3 Å². The number of allylic oxidation sites excluding steroid dienone is 1. The Bertz CT molecular complexity index is 1870. The average Bonchev–Trinajstić information content (AvgIpc) is 3.30. The Balaban J connectivity index is 1.64. The summed E-state index contributed by atoms with van der Waals surface area (Å²) < 4.78 is 24.9. The van der Waals surface area contributed by atoms with Gasteiger partial charge in [0.25, 0.3) is 5.56 Å². The van der Waals surface area contributed by atoms with E-state index in [9.17, 15) is 9.59 Å². The van der Waals surface area contributed by atoms with E-state index < -0.39 is 12.0 Å². The number of ether oxygens (including phenoxy) is 4. The number of esters is 1. The van der Waals surface area contributed by atoms with E-state index in [0.29, 0.717) is 57.5 Å². The third kappa shape index (κ3) is 4.80. The molecule has 1 unspecified atom stereocenters. The van der Waals surface area contributed by atoms with Gasteiger partial charge in [0, 0.05) is 5.56 Å². The zero-order valence-electron chi connectivity index (χ0n) is 23.1. The van der Waals surface area contributed by atoms with E-state index in [-0.39, 0.29) is 12.2 Å². The molecule has 0 aliphatic carbocycles. The zero-order chi connectivity index (χ0) is 28.5. The first-order valence-corrected chi connectivity index (χ1v) is 14.5. The van der Waals surface area contributed by atoms with Crippen molar-refractivity contribution in [2.24, 2.45) is 4.99 Å². The summed E-state index contributed by atoms with van der Waals surface area (Å²) in [4.78, 5) is 33.3.